The molecule has 0 fully saturated rings. The number of unbranched alkanes of at least 4 members (excludes halogenated alkanes) is 30. The zero-order valence-electron chi connectivity index (χ0n) is 53.0. The van der Waals surface area contributed by atoms with Crippen LogP contribution in [0.25, 0.3) is 0 Å². The van der Waals surface area contributed by atoms with E-state index < -0.39 is 6.10 Å². The van der Waals surface area contributed by atoms with Crippen LogP contribution < -0.4 is 0 Å². The van der Waals surface area contributed by atoms with Crippen LogP contribution >= 0.6 is 0 Å². The van der Waals surface area contributed by atoms with Gasteiger partial charge in [0.25, 0.3) is 0 Å². The van der Waals surface area contributed by atoms with Crippen LogP contribution in [0.2, 0.25) is 0 Å². The molecule has 1 atom stereocenters. The maximum absolute atomic E-state index is 12.8. The van der Waals surface area contributed by atoms with E-state index in [1.54, 1.807) is 0 Å². The lowest BCUT2D eigenvalue weighted by Crippen LogP contribution is -2.30. The van der Waals surface area contributed by atoms with Gasteiger partial charge >= 0.3 is 17.9 Å². The van der Waals surface area contributed by atoms with Gasteiger partial charge in [0.1, 0.15) is 13.2 Å². The molecule has 0 saturated carbocycles. The molecule has 0 aliphatic rings. The molecule has 0 rings (SSSR count). The highest BCUT2D eigenvalue weighted by Crippen LogP contribution is 2.16. The van der Waals surface area contributed by atoms with E-state index in [-0.39, 0.29) is 31.1 Å². The first-order valence-corrected chi connectivity index (χ1v) is 34.0. The van der Waals surface area contributed by atoms with Crippen LogP contribution in [0.3, 0.4) is 0 Å². The molecular weight excluding hydrogens is 997 g/mol. The van der Waals surface area contributed by atoms with Gasteiger partial charge in [0.2, 0.25) is 0 Å². The Labute approximate surface area is 501 Å². The fraction of sp³-hybridized carbons (Fsp3) is 0.693. The maximum atomic E-state index is 12.8. The van der Waals surface area contributed by atoms with Crippen molar-refractivity contribution in [2.45, 2.75) is 322 Å². The van der Waals surface area contributed by atoms with Crippen LogP contribution in [0.1, 0.15) is 316 Å². The summed E-state index contributed by atoms with van der Waals surface area (Å²) in [5.74, 6) is -0.895. The highest BCUT2D eigenvalue weighted by atomic mass is 16.6. The summed E-state index contributed by atoms with van der Waals surface area (Å²) >= 11 is 0. The zero-order valence-corrected chi connectivity index (χ0v) is 53.0. The number of carbonyl (C=O) groups excluding carboxylic acids is 3. The zero-order chi connectivity index (χ0) is 58.5. The van der Waals surface area contributed by atoms with Crippen molar-refractivity contribution in [1.82, 2.24) is 0 Å². The average molecular weight is 1120 g/mol. The molecule has 0 aromatic rings. The van der Waals surface area contributed by atoms with E-state index in [0.29, 0.717) is 19.3 Å². The van der Waals surface area contributed by atoms with Gasteiger partial charge in [-0.25, -0.2) is 0 Å². The molecule has 0 radical (unpaired) electrons. The molecule has 0 bridgehead atoms. The molecule has 462 valence electrons. The Morgan fingerprint density at radius 1 is 0.259 bits per heavy atom. The lowest BCUT2D eigenvalue weighted by Gasteiger charge is -2.18. The third-order valence-electron chi connectivity index (χ3n) is 14.5. The molecule has 0 amide bonds. The Morgan fingerprint density at radius 3 is 0.753 bits per heavy atom. The van der Waals surface area contributed by atoms with E-state index in [9.17, 15) is 14.4 Å². The van der Waals surface area contributed by atoms with Gasteiger partial charge in [-0.3, -0.25) is 14.4 Å². The number of rotatable bonds is 61. The number of carbonyl (C=O) groups is 3. The Bertz CT molecular complexity index is 1670. The van der Waals surface area contributed by atoms with Gasteiger partial charge in [-0.2, -0.15) is 0 Å². The van der Waals surface area contributed by atoms with E-state index in [1.807, 2.05) is 0 Å². The minimum Gasteiger partial charge on any atom is -0.462 e. The number of ether oxygens (including phenoxy) is 3. The van der Waals surface area contributed by atoms with Crippen molar-refractivity contribution in [2.75, 3.05) is 13.2 Å². The predicted octanol–water partition coefficient (Wildman–Crippen LogP) is 23.6. The second-order valence-electron chi connectivity index (χ2n) is 22.4. The second kappa shape index (κ2) is 68.3. The number of hydrogen-bond donors (Lipinski definition) is 0. The van der Waals surface area contributed by atoms with Crippen LogP contribution in [0.4, 0.5) is 0 Å². The van der Waals surface area contributed by atoms with Gasteiger partial charge in [0, 0.05) is 19.3 Å². The van der Waals surface area contributed by atoms with E-state index in [2.05, 4.69) is 142 Å². The van der Waals surface area contributed by atoms with Gasteiger partial charge in [-0.15, -0.1) is 0 Å². The van der Waals surface area contributed by atoms with Gasteiger partial charge in [0.05, 0.1) is 0 Å². The van der Waals surface area contributed by atoms with Gasteiger partial charge in [0.15, 0.2) is 6.10 Å². The summed E-state index contributed by atoms with van der Waals surface area (Å²) in [4.78, 5) is 38.0. The molecule has 0 aromatic heterocycles. The van der Waals surface area contributed by atoms with Crippen LogP contribution in [-0.4, -0.2) is 37.2 Å². The normalized spacial score (nSPS) is 12.9. The predicted molar refractivity (Wildman–Crippen MR) is 353 cm³/mol. The molecule has 0 N–H and O–H groups in total. The van der Waals surface area contributed by atoms with E-state index in [0.717, 1.165) is 122 Å². The van der Waals surface area contributed by atoms with Gasteiger partial charge in [-0.1, -0.05) is 303 Å². The van der Waals surface area contributed by atoms with E-state index in [4.69, 9.17) is 14.2 Å². The van der Waals surface area contributed by atoms with Crippen molar-refractivity contribution in [3.63, 3.8) is 0 Å². The quantitative estimate of drug-likeness (QED) is 0.0261. The average Bonchev–Trinajstić information content (AvgIpc) is 3.47. The van der Waals surface area contributed by atoms with Crippen molar-refractivity contribution < 1.29 is 28.6 Å². The highest BCUT2D eigenvalue weighted by molar-refractivity contribution is 5.71. The van der Waals surface area contributed by atoms with E-state index >= 15 is 0 Å². The first kappa shape index (κ1) is 76.8. The molecule has 0 heterocycles. The molecule has 0 aliphatic carbocycles. The van der Waals surface area contributed by atoms with Crippen LogP contribution in [-0.2, 0) is 28.6 Å². The summed E-state index contributed by atoms with van der Waals surface area (Å²) in [6.45, 7) is 6.44. The Kier molecular flexibility index (Phi) is 64.8. The summed E-state index contributed by atoms with van der Waals surface area (Å²) in [5.41, 5.74) is 0. The lowest BCUT2D eigenvalue weighted by molar-refractivity contribution is -0.167. The van der Waals surface area contributed by atoms with Crippen LogP contribution in [0.15, 0.2) is 122 Å². The first-order valence-electron chi connectivity index (χ1n) is 34.0. The summed E-state index contributed by atoms with van der Waals surface area (Å²) in [7, 11) is 0. The maximum Gasteiger partial charge on any atom is 0.306 e. The number of hydrogen-bond acceptors (Lipinski definition) is 6. The fourth-order valence-electron chi connectivity index (χ4n) is 9.37. The van der Waals surface area contributed by atoms with Crippen molar-refractivity contribution in [2.24, 2.45) is 0 Å². The van der Waals surface area contributed by atoms with Crippen LogP contribution in [0.5, 0.6) is 0 Å². The summed E-state index contributed by atoms with van der Waals surface area (Å²) in [6.07, 6.45) is 95.5. The Morgan fingerprint density at radius 2 is 0.481 bits per heavy atom. The minimum atomic E-state index is -0.780. The van der Waals surface area contributed by atoms with Crippen molar-refractivity contribution in [3.8, 4) is 0 Å². The Balaban J connectivity index is 4.04. The largest absolute Gasteiger partial charge is 0.462 e. The molecule has 0 aromatic carbocycles. The highest BCUT2D eigenvalue weighted by Gasteiger charge is 2.19. The van der Waals surface area contributed by atoms with Crippen LogP contribution in [0, 0.1) is 0 Å². The third-order valence-corrected chi connectivity index (χ3v) is 14.5. The molecular formula is C75H126O6. The van der Waals surface area contributed by atoms with Crippen molar-refractivity contribution in [3.05, 3.63) is 122 Å². The molecule has 6 heteroatoms. The SMILES string of the molecule is CC/C=C\C/C=C\C/C=C\C/C=C\C/C=C\C/C=C\C/C=C\CCCCCCCCCCCCCC(=O)OCC(COC(=O)CCCCCCC)OC(=O)CCCCCCCCCCCC/C=C\C/C=C\C/C=C\CCCCCCC. The van der Waals surface area contributed by atoms with Crippen molar-refractivity contribution >= 4 is 17.9 Å². The molecule has 0 aliphatic heterocycles. The summed E-state index contributed by atoms with van der Waals surface area (Å²) < 4.78 is 16.8. The molecule has 0 saturated heterocycles. The molecule has 6 nitrogen and oxygen atoms in total. The third kappa shape index (κ3) is 66.5. The fourth-order valence-corrected chi connectivity index (χ4v) is 9.37. The summed E-state index contributed by atoms with van der Waals surface area (Å²) in [6, 6.07) is 0. The number of allylic oxidation sites excluding steroid dienone is 20. The standard InChI is InChI=1S/C75H126O6/c1-4-7-10-13-15-17-19-21-23-25-27-29-31-33-34-35-36-37-38-39-40-42-43-45-47-49-51-53-55-57-59-62-65-68-74(77)80-71-72(70-79-73(76)67-64-61-12-9-6-3)81-75(78)69-66-63-60-58-56-54-52-50-48-46-44-41-32-30-28-26-24-22-20-18-16-14-11-8-5-2/h7,10,15,17,20-23,26-29,32-34,36-37,39-41,72H,4-6,8-9,11-14,16,18-19,24-25,30-31,35,38,42-71H2,1-3H3/b10-7-,17-15-,22-20-,23-21-,28-26-,29-27-,34-33-,37-36-,40-39-,41-32-. The van der Waals surface area contributed by atoms with Gasteiger partial charge in [-0.05, 0) is 116 Å². The van der Waals surface area contributed by atoms with Crippen molar-refractivity contribution in [1.29, 1.82) is 0 Å². The Hall–Kier alpha value is -4.19. The topological polar surface area (TPSA) is 78.9 Å². The van der Waals surface area contributed by atoms with Gasteiger partial charge < -0.3 is 14.2 Å². The monoisotopic (exact) mass is 1120 g/mol. The molecule has 1 unspecified atom stereocenters. The minimum absolute atomic E-state index is 0.0809. The molecule has 0 spiro atoms. The van der Waals surface area contributed by atoms with E-state index in [1.165, 1.54) is 154 Å². The summed E-state index contributed by atoms with van der Waals surface area (Å²) in [5, 5.41) is 0. The lowest BCUT2D eigenvalue weighted by atomic mass is 10.0. The second-order valence-corrected chi connectivity index (χ2v) is 22.4. The molecule has 81 heavy (non-hydrogen) atoms. The first-order chi connectivity index (χ1) is 40.0. The number of esters is 3. The smallest absolute Gasteiger partial charge is 0.306 e.